The van der Waals surface area contributed by atoms with Crippen molar-refractivity contribution in [3.8, 4) is 56.4 Å². The number of benzene rings is 6. The first-order valence-corrected chi connectivity index (χ1v) is 16.1. The van der Waals surface area contributed by atoms with Crippen LogP contribution < -0.4 is 0 Å². The fourth-order valence-corrected chi connectivity index (χ4v) is 6.13. The van der Waals surface area contributed by atoms with Crippen LogP contribution in [0.1, 0.15) is 11.1 Å². The zero-order chi connectivity index (χ0) is 33.6. The molecular formula is C44H33FIr2N4-2. The van der Waals surface area contributed by atoms with E-state index in [0.29, 0.717) is 0 Å². The van der Waals surface area contributed by atoms with Crippen LogP contribution in [0.15, 0.2) is 164 Å². The average molecular weight is 1020 g/mol. The smallest absolute Gasteiger partial charge is 0.0603 e. The average Bonchev–Trinajstić information content (AvgIpc) is 3.84. The van der Waals surface area contributed by atoms with Crippen LogP contribution in [0.5, 0.6) is 0 Å². The van der Waals surface area contributed by atoms with Crippen molar-refractivity contribution in [1.29, 1.82) is 0 Å². The summed E-state index contributed by atoms with van der Waals surface area (Å²) in [5, 5.41) is 0. The maximum atomic E-state index is 13.0. The SMILES string of the molecule is Cc1cccc(C)c1-n1ccnc1-c1[c-]cc(F)cc1.[Ir].[Ir].[c-]1ccccc1-c1nccn1-c1c(-c2ccccc2)cccc1-c1ccccc1. The zero-order valence-electron chi connectivity index (χ0n) is 27.9. The van der Waals surface area contributed by atoms with E-state index < -0.39 is 0 Å². The molecule has 0 fully saturated rings. The topological polar surface area (TPSA) is 35.6 Å². The Bertz CT molecular complexity index is 2220. The number of nitrogens with zero attached hydrogens (tertiary/aromatic N) is 4. The third-order valence-electron chi connectivity index (χ3n) is 8.37. The van der Waals surface area contributed by atoms with E-state index in [0.717, 1.165) is 34.2 Å². The summed E-state index contributed by atoms with van der Waals surface area (Å²) in [5.41, 5.74) is 11.0. The van der Waals surface area contributed by atoms with Crippen molar-refractivity contribution in [2.45, 2.75) is 13.8 Å². The van der Waals surface area contributed by atoms with Crippen molar-refractivity contribution in [2.75, 3.05) is 0 Å². The van der Waals surface area contributed by atoms with E-state index in [1.807, 2.05) is 65.6 Å². The first-order chi connectivity index (χ1) is 24.1. The fourth-order valence-electron chi connectivity index (χ4n) is 6.13. The normalized spacial score (nSPS) is 10.3. The number of aryl methyl sites for hydroxylation is 2. The van der Waals surface area contributed by atoms with Gasteiger partial charge >= 0.3 is 0 Å². The summed E-state index contributed by atoms with van der Waals surface area (Å²) >= 11 is 0. The summed E-state index contributed by atoms with van der Waals surface area (Å²) < 4.78 is 17.2. The summed E-state index contributed by atoms with van der Waals surface area (Å²) in [6.45, 7) is 4.14. The van der Waals surface area contributed by atoms with Crippen molar-refractivity contribution in [3.05, 3.63) is 193 Å². The standard InChI is InChI=1S/C27H19N2.C17H14FN2.2Ir/c1-4-11-21(12-5-1)24-17-10-18-25(22-13-6-2-7-14-22)26(24)29-20-19-28-27(29)23-15-8-3-9-16-23;1-12-4-3-5-13(2)16(12)20-11-10-19-17(20)14-6-8-15(18)9-7-14;;/h1-15,17-20H;3-6,8-11H,1-2H3;;/q2*-1;;. The van der Waals surface area contributed by atoms with Gasteiger partial charge in [-0.3, -0.25) is 14.4 Å². The number of para-hydroxylation sites is 2. The molecule has 0 bridgehead atoms. The van der Waals surface area contributed by atoms with E-state index in [2.05, 4.69) is 119 Å². The molecular weight excluding hydrogens is 988 g/mol. The van der Waals surface area contributed by atoms with Gasteiger partial charge in [0.05, 0.1) is 17.3 Å². The molecule has 8 rings (SSSR count). The molecule has 0 aliphatic rings. The number of hydrogen-bond donors (Lipinski definition) is 0. The van der Waals surface area contributed by atoms with Crippen molar-refractivity contribution in [1.82, 2.24) is 19.1 Å². The van der Waals surface area contributed by atoms with Gasteiger partial charge in [-0.2, -0.15) is 0 Å². The Morgan fingerprint density at radius 2 is 1.02 bits per heavy atom. The summed E-state index contributed by atoms with van der Waals surface area (Å²) in [4.78, 5) is 9.05. The first-order valence-electron chi connectivity index (χ1n) is 16.1. The Balaban J connectivity index is 0.000000203. The number of aromatic nitrogens is 4. The van der Waals surface area contributed by atoms with E-state index in [9.17, 15) is 4.39 Å². The Kier molecular flexibility index (Phi) is 12.6. The molecule has 2 heterocycles. The minimum Gasteiger partial charge on any atom is -0.340 e. The number of halogens is 1. The number of hydrogen-bond acceptors (Lipinski definition) is 2. The first kappa shape index (κ1) is 37.2. The third kappa shape index (κ3) is 8.14. The van der Waals surface area contributed by atoms with Gasteiger partial charge in [0.15, 0.2) is 0 Å². The Morgan fingerprint density at radius 3 is 1.53 bits per heavy atom. The van der Waals surface area contributed by atoms with Gasteiger partial charge in [0.1, 0.15) is 0 Å². The predicted octanol–water partition coefficient (Wildman–Crippen LogP) is 10.8. The summed E-state index contributed by atoms with van der Waals surface area (Å²) in [5.74, 6) is 1.35. The monoisotopic (exact) mass is 1020 g/mol. The Hall–Kier alpha value is -5.03. The molecule has 4 nitrogen and oxygen atoms in total. The van der Waals surface area contributed by atoms with Gasteiger partial charge in [0.2, 0.25) is 0 Å². The van der Waals surface area contributed by atoms with Crippen LogP contribution in [0.25, 0.3) is 56.4 Å². The van der Waals surface area contributed by atoms with Crippen LogP contribution in [0, 0.1) is 31.8 Å². The molecule has 0 saturated heterocycles. The second kappa shape index (κ2) is 17.3. The van der Waals surface area contributed by atoms with Crippen LogP contribution in [0.2, 0.25) is 0 Å². The zero-order valence-corrected chi connectivity index (χ0v) is 32.7. The molecule has 0 N–H and O–H groups in total. The summed E-state index contributed by atoms with van der Waals surface area (Å²) in [7, 11) is 0. The Morgan fingerprint density at radius 1 is 0.510 bits per heavy atom. The van der Waals surface area contributed by atoms with E-state index in [-0.39, 0.29) is 46.0 Å². The van der Waals surface area contributed by atoms with Gasteiger partial charge in [-0.15, -0.1) is 65.7 Å². The van der Waals surface area contributed by atoms with Gasteiger partial charge in [-0.05, 0) is 36.1 Å². The van der Waals surface area contributed by atoms with Crippen LogP contribution in [0.4, 0.5) is 4.39 Å². The largest absolute Gasteiger partial charge is 0.340 e. The molecule has 0 amide bonds. The van der Waals surface area contributed by atoms with E-state index in [1.165, 1.54) is 45.5 Å². The maximum Gasteiger partial charge on any atom is 0.0603 e. The molecule has 2 aromatic heterocycles. The quantitative estimate of drug-likeness (QED) is 0.156. The van der Waals surface area contributed by atoms with Crippen molar-refractivity contribution in [2.24, 2.45) is 0 Å². The van der Waals surface area contributed by atoms with Crippen molar-refractivity contribution < 1.29 is 44.6 Å². The van der Waals surface area contributed by atoms with Crippen molar-refractivity contribution in [3.63, 3.8) is 0 Å². The predicted molar refractivity (Wildman–Crippen MR) is 196 cm³/mol. The molecule has 2 radical (unpaired) electrons. The molecule has 0 aliphatic heterocycles. The summed E-state index contributed by atoms with van der Waals surface area (Å²) in [6.07, 6.45) is 7.55. The number of rotatable bonds is 6. The maximum absolute atomic E-state index is 13.0. The molecule has 6 aromatic carbocycles. The van der Waals surface area contributed by atoms with Gasteiger partial charge in [0, 0.05) is 87.6 Å². The van der Waals surface area contributed by atoms with Crippen LogP contribution in [-0.2, 0) is 40.2 Å². The molecule has 51 heavy (non-hydrogen) atoms. The van der Waals surface area contributed by atoms with E-state index in [4.69, 9.17) is 0 Å². The second-order valence-electron chi connectivity index (χ2n) is 11.6. The third-order valence-corrected chi connectivity index (χ3v) is 8.37. The molecule has 0 atom stereocenters. The fraction of sp³-hybridized carbons (Fsp3) is 0.0455. The molecule has 8 aromatic rings. The molecule has 0 unspecified atom stereocenters. The van der Waals surface area contributed by atoms with Crippen LogP contribution >= 0.6 is 0 Å². The van der Waals surface area contributed by atoms with Crippen LogP contribution in [0.3, 0.4) is 0 Å². The molecule has 0 saturated carbocycles. The van der Waals surface area contributed by atoms with Gasteiger partial charge in [-0.1, -0.05) is 97.1 Å². The molecule has 0 spiro atoms. The number of imidazole rings is 2. The molecule has 0 aliphatic carbocycles. The van der Waals surface area contributed by atoms with Crippen LogP contribution in [-0.4, -0.2) is 19.1 Å². The van der Waals surface area contributed by atoms with Gasteiger partial charge < -0.3 is 9.13 Å². The van der Waals surface area contributed by atoms with E-state index >= 15 is 0 Å². The van der Waals surface area contributed by atoms with E-state index in [1.54, 1.807) is 12.3 Å². The van der Waals surface area contributed by atoms with Gasteiger partial charge in [0.25, 0.3) is 0 Å². The second-order valence-corrected chi connectivity index (χ2v) is 11.6. The van der Waals surface area contributed by atoms with Crippen molar-refractivity contribution >= 4 is 0 Å². The molecule has 7 heteroatoms. The molecule has 256 valence electrons. The minimum atomic E-state index is -0.293. The van der Waals surface area contributed by atoms with Gasteiger partial charge in [-0.25, -0.2) is 0 Å². The summed E-state index contributed by atoms with van der Waals surface area (Å²) in [6, 6.07) is 52.3. The minimum absolute atomic E-state index is 0. The Labute approximate surface area is 325 Å².